The molecule has 1 fully saturated rings. The molecule has 1 N–H and O–H groups in total. The number of piperazine rings is 1. The highest BCUT2D eigenvalue weighted by Gasteiger charge is 2.22. The molecule has 0 bridgehead atoms. The van der Waals surface area contributed by atoms with E-state index in [-0.39, 0.29) is 12.5 Å². The van der Waals surface area contributed by atoms with E-state index in [4.69, 9.17) is 9.84 Å². The number of hydrogen-bond donors (Lipinski definition) is 1. The first-order valence-electron chi connectivity index (χ1n) is 10.3. The number of carbonyl (C=O) groups excluding carboxylic acids is 1. The standard InChI is InChI=1S/C22H27N5O3/c28-11-13-30-12-10-25-6-8-26(9-7-25)22(29)19-14-20-21(23-15-19)27(17-24-20)16-18-4-2-1-3-5-18/h1-5,14-15,17,28H,6-13,16H2. The number of benzene rings is 1. The van der Waals surface area contributed by atoms with E-state index in [0.717, 1.165) is 30.8 Å². The van der Waals surface area contributed by atoms with Crippen molar-refractivity contribution in [2.45, 2.75) is 6.54 Å². The number of rotatable bonds is 8. The fourth-order valence-electron chi connectivity index (χ4n) is 3.68. The maximum absolute atomic E-state index is 12.9. The second kappa shape index (κ2) is 9.80. The number of nitrogens with zero attached hydrogens (tertiary/aromatic N) is 5. The van der Waals surface area contributed by atoms with Crippen molar-refractivity contribution in [1.82, 2.24) is 24.3 Å². The van der Waals surface area contributed by atoms with E-state index < -0.39 is 0 Å². The van der Waals surface area contributed by atoms with E-state index in [1.165, 1.54) is 5.56 Å². The molecule has 1 aromatic carbocycles. The third-order valence-electron chi connectivity index (χ3n) is 5.35. The summed E-state index contributed by atoms with van der Waals surface area (Å²) in [5.74, 6) is -0.00168. The van der Waals surface area contributed by atoms with Crippen LogP contribution < -0.4 is 0 Å². The lowest BCUT2D eigenvalue weighted by Crippen LogP contribution is -2.49. The Morgan fingerprint density at radius 2 is 1.87 bits per heavy atom. The lowest BCUT2D eigenvalue weighted by molar-refractivity contribution is 0.0486. The SMILES string of the molecule is O=C(c1cnc2c(c1)ncn2Cc1ccccc1)N1CCN(CCOCCO)CC1. The van der Waals surface area contributed by atoms with Crippen molar-refractivity contribution >= 4 is 17.1 Å². The van der Waals surface area contributed by atoms with E-state index in [0.29, 0.717) is 38.4 Å². The smallest absolute Gasteiger partial charge is 0.255 e. The summed E-state index contributed by atoms with van der Waals surface area (Å²) >= 11 is 0. The van der Waals surface area contributed by atoms with Gasteiger partial charge in [0.25, 0.3) is 5.91 Å². The molecular weight excluding hydrogens is 382 g/mol. The van der Waals surface area contributed by atoms with Crippen molar-refractivity contribution in [3.8, 4) is 0 Å². The van der Waals surface area contributed by atoms with Crippen molar-refractivity contribution in [3.05, 3.63) is 60.0 Å². The highest BCUT2D eigenvalue weighted by atomic mass is 16.5. The summed E-state index contributed by atoms with van der Waals surface area (Å²) < 4.78 is 7.32. The second-order valence-corrected chi connectivity index (χ2v) is 7.39. The second-order valence-electron chi connectivity index (χ2n) is 7.39. The summed E-state index contributed by atoms with van der Waals surface area (Å²) in [7, 11) is 0. The van der Waals surface area contributed by atoms with Gasteiger partial charge in [-0.25, -0.2) is 9.97 Å². The van der Waals surface area contributed by atoms with Crippen LogP contribution in [0.4, 0.5) is 0 Å². The van der Waals surface area contributed by atoms with Gasteiger partial charge in [-0.2, -0.15) is 0 Å². The molecule has 1 saturated heterocycles. The number of aliphatic hydroxyl groups excluding tert-OH is 1. The first-order valence-corrected chi connectivity index (χ1v) is 10.3. The van der Waals surface area contributed by atoms with Gasteiger partial charge in [0.2, 0.25) is 0 Å². The van der Waals surface area contributed by atoms with Crippen LogP contribution in [0, 0.1) is 0 Å². The Morgan fingerprint density at radius 3 is 2.63 bits per heavy atom. The molecule has 2 aromatic heterocycles. The summed E-state index contributed by atoms with van der Waals surface area (Å²) in [5.41, 5.74) is 3.27. The van der Waals surface area contributed by atoms with Crippen molar-refractivity contribution < 1.29 is 14.6 Å². The third-order valence-corrected chi connectivity index (χ3v) is 5.35. The summed E-state index contributed by atoms with van der Waals surface area (Å²) in [6.45, 7) is 5.51. The van der Waals surface area contributed by atoms with Gasteiger partial charge in [-0.05, 0) is 11.6 Å². The number of fused-ring (bicyclic) bond motifs is 1. The Bertz CT molecular complexity index is 967. The van der Waals surface area contributed by atoms with Gasteiger partial charge in [0.15, 0.2) is 5.65 Å². The molecule has 0 spiro atoms. The molecule has 3 aromatic rings. The van der Waals surface area contributed by atoms with Gasteiger partial charge in [-0.3, -0.25) is 9.69 Å². The van der Waals surface area contributed by atoms with Crippen LogP contribution in [0.2, 0.25) is 0 Å². The molecular formula is C22H27N5O3. The number of aromatic nitrogens is 3. The quantitative estimate of drug-likeness (QED) is 0.564. The van der Waals surface area contributed by atoms with Gasteiger partial charge < -0.3 is 19.3 Å². The van der Waals surface area contributed by atoms with Crippen molar-refractivity contribution in [3.63, 3.8) is 0 Å². The zero-order valence-electron chi connectivity index (χ0n) is 17.0. The van der Waals surface area contributed by atoms with Crippen molar-refractivity contribution in [1.29, 1.82) is 0 Å². The van der Waals surface area contributed by atoms with E-state index in [9.17, 15) is 4.79 Å². The highest BCUT2D eigenvalue weighted by Crippen LogP contribution is 2.16. The van der Waals surface area contributed by atoms with E-state index >= 15 is 0 Å². The van der Waals surface area contributed by atoms with Crippen LogP contribution in [-0.4, -0.2) is 87.9 Å². The molecule has 30 heavy (non-hydrogen) atoms. The van der Waals surface area contributed by atoms with Crippen LogP contribution in [0.1, 0.15) is 15.9 Å². The van der Waals surface area contributed by atoms with Gasteiger partial charge in [-0.15, -0.1) is 0 Å². The van der Waals surface area contributed by atoms with E-state index in [1.54, 1.807) is 12.5 Å². The van der Waals surface area contributed by atoms with Crippen molar-refractivity contribution in [2.24, 2.45) is 0 Å². The zero-order chi connectivity index (χ0) is 20.8. The molecule has 0 aliphatic carbocycles. The van der Waals surface area contributed by atoms with Crippen LogP contribution in [0.25, 0.3) is 11.2 Å². The zero-order valence-corrected chi connectivity index (χ0v) is 17.0. The fraction of sp³-hybridized carbons (Fsp3) is 0.409. The molecule has 158 valence electrons. The number of aliphatic hydroxyl groups is 1. The molecule has 1 aliphatic rings. The molecule has 0 unspecified atom stereocenters. The van der Waals surface area contributed by atoms with Gasteiger partial charge in [0, 0.05) is 38.9 Å². The van der Waals surface area contributed by atoms with Crippen LogP contribution in [0.5, 0.6) is 0 Å². The Morgan fingerprint density at radius 1 is 1.07 bits per heavy atom. The summed E-state index contributed by atoms with van der Waals surface area (Å²) in [5, 5.41) is 8.75. The first-order chi connectivity index (χ1) is 14.7. The van der Waals surface area contributed by atoms with Gasteiger partial charge in [0.05, 0.1) is 38.3 Å². The number of pyridine rings is 1. The minimum atomic E-state index is -0.00168. The number of carbonyl (C=O) groups is 1. The van der Waals surface area contributed by atoms with Crippen LogP contribution in [0.15, 0.2) is 48.9 Å². The molecule has 1 amide bonds. The first kappa shape index (κ1) is 20.5. The van der Waals surface area contributed by atoms with E-state index in [2.05, 4.69) is 27.0 Å². The van der Waals surface area contributed by atoms with Crippen LogP contribution in [0.3, 0.4) is 0 Å². The monoisotopic (exact) mass is 409 g/mol. The number of amides is 1. The molecule has 8 nitrogen and oxygen atoms in total. The van der Waals surface area contributed by atoms with Crippen LogP contribution in [-0.2, 0) is 11.3 Å². The van der Waals surface area contributed by atoms with Gasteiger partial charge in [0.1, 0.15) is 5.52 Å². The molecule has 3 heterocycles. The molecule has 0 radical (unpaired) electrons. The molecule has 0 atom stereocenters. The maximum Gasteiger partial charge on any atom is 0.255 e. The fourth-order valence-corrected chi connectivity index (χ4v) is 3.68. The number of ether oxygens (including phenoxy) is 1. The van der Waals surface area contributed by atoms with Crippen LogP contribution >= 0.6 is 0 Å². The molecule has 8 heteroatoms. The van der Waals surface area contributed by atoms with Gasteiger partial charge in [-0.1, -0.05) is 30.3 Å². The highest BCUT2D eigenvalue weighted by molar-refractivity contribution is 5.96. The third kappa shape index (κ3) is 4.84. The number of hydrogen-bond acceptors (Lipinski definition) is 6. The summed E-state index contributed by atoms with van der Waals surface area (Å²) in [6.07, 6.45) is 3.43. The predicted molar refractivity (Wildman–Crippen MR) is 113 cm³/mol. The Kier molecular flexibility index (Phi) is 6.68. The molecule has 0 saturated carbocycles. The Hall–Kier alpha value is -2.81. The summed E-state index contributed by atoms with van der Waals surface area (Å²) in [4.78, 5) is 26.1. The Balaban J connectivity index is 1.36. The summed E-state index contributed by atoms with van der Waals surface area (Å²) in [6, 6.07) is 12.0. The average Bonchev–Trinajstić information content (AvgIpc) is 3.19. The lowest BCUT2D eigenvalue weighted by atomic mass is 10.2. The molecule has 1 aliphatic heterocycles. The predicted octanol–water partition coefficient (Wildman–Crippen LogP) is 1.25. The normalized spacial score (nSPS) is 15.0. The van der Waals surface area contributed by atoms with Crippen molar-refractivity contribution in [2.75, 3.05) is 52.5 Å². The molecule has 4 rings (SSSR count). The minimum absolute atomic E-state index is 0.00168. The maximum atomic E-state index is 12.9. The number of imidazole rings is 1. The topological polar surface area (TPSA) is 83.7 Å². The average molecular weight is 409 g/mol. The minimum Gasteiger partial charge on any atom is -0.394 e. The van der Waals surface area contributed by atoms with Gasteiger partial charge >= 0.3 is 0 Å². The van der Waals surface area contributed by atoms with E-state index in [1.807, 2.05) is 33.7 Å². The lowest BCUT2D eigenvalue weighted by Gasteiger charge is -2.34. The largest absolute Gasteiger partial charge is 0.394 e. The Labute approximate surface area is 175 Å².